The highest BCUT2D eigenvalue weighted by Gasteiger charge is 2.13. The summed E-state index contributed by atoms with van der Waals surface area (Å²) in [5, 5.41) is 3.47. The third-order valence-corrected chi connectivity index (χ3v) is 3.03. The second-order valence-corrected chi connectivity index (χ2v) is 4.75. The van der Waals surface area contributed by atoms with Crippen molar-refractivity contribution < 1.29 is 4.74 Å². The first-order valence-corrected chi connectivity index (χ1v) is 6.18. The third kappa shape index (κ3) is 3.24. The van der Waals surface area contributed by atoms with Crippen LogP contribution in [-0.2, 0) is 4.74 Å². The van der Waals surface area contributed by atoms with E-state index in [2.05, 4.69) is 37.4 Å². The summed E-state index contributed by atoms with van der Waals surface area (Å²) in [4.78, 5) is 0. The summed E-state index contributed by atoms with van der Waals surface area (Å²) in [5.41, 5.74) is 3.84. The Hall–Kier alpha value is -1.02. The molecule has 1 fully saturated rings. The van der Waals surface area contributed by atoms with E-state index in [4.69, 9.17) is 4.74 Å². The van der Waals surface area contributed by atoms with Crippen LogP contribution in [0.3, 0.4) is 0 Å². The maximum atomic E-state index is 5.70. The van der Waals surface area contributed by atoms with Gasteiger partial charge in [-0.3, -0.25) is 0 Å². The number of ether oxygens (including phenoxy) is 1. The van der Waals surface area contributed by atoms with Gasteiger partial charge in [-0.1, -0.05) is 6.07 Å². The van der Waals surface area contributed by atoms with E-state index in [0.717, 1.165) is 13.2 Å². The highest BCUT2D eigenvalue weighted by molar-refractivity contribution is 5.48. The average Bonchev–Trinajstić information content (AvgIpc) is 2.27. The van der Waals surface area contributed by atoms with Crippen molar-refractivity contribution in [3.63, 3.8) is 0 Å². The first-order valence-electron chi connectivity index (χ1n) is 6.18. The van der Waals surface area contributed by atoms with Crippen LogP contribution in [0, 0.1) is 13.8 Å². The molecule has 0 radical (unpaired) electrons. The second-order valence-electron chi connectivity index (χ2n) is 4.75. The van der Waals surface area contributed by atoms with Gasteiger partial charge in [0.15, 0.2) is 0 Å². The number of benzene rings is 1. The van der Waals surface area contributed by atoms with Crippen molar-refractivity contribution >= 4 is 5.69 Å². The molecule has 1 saturated heterocycles. The molecule has 1 aromatic rings. The van der Waals surface area contributed by atoms with E-state index in [1.807, 2.05) is 0 Å². The summed E-state index contributed by atoms with van der Waals surface area (Å²) in [6, 6.07) is 6.58. The summed E-state index contributed by atoms with van der Waals surface area (Å²) < 4.78 is 5.70. The average molecular weight is 219 g/mol. The van der Waals surface area contributed by atoms with Crippen LogP contribution in [0.1, 0.15) is 30.4 Å². The minimum absolute atomic E-state index is 0.398. The van der Waals surface area contributed by atoms with E-state index < -0.39 is 0 Å². The Kier molecular flexibility index (Phi) is 3.83. The van der Waals surface area contributed by atoms with Crippen LogP contribution in [-0.4, -0.2) is 19.3 Å². The SMILES string of the molecule is Cc1cc(C)cc(NCC2CCCCO2)c1. The Morgan fingerprint density at radius 2 is 1.94 bits per heavy atom. The highest BCUT2D eigenvalue weighted by Crippen LogP contribution is 2.16. The molecule has 16 heavy (non-hydrogen) atoms. The summed E-state index contributed by atoms with van der Waals surface area (Å²) in [7, 11) is 0. The second kappa shape index (κ2) is 5.35. The number of hydrogen-bond acceptors (Lipinski definition) is 2. The lowest BCUT2D eigenvalue weighted by Crippen LogP contribution is -2.26. The first-order chi connectivity index (χ1) is 7.74. The lowest BCUT2D eigenvalue weighted by Gasteiger charge is -2.23. The standard InChI is InChI=1S/C14H21NO/c1-11-7-12(2)9-13(8-11)15-10-14-5-3-4-6-16-14/h7-9,14-15H,3-6,10H2,1-2H3. The Bertz CT molecular complexity index is 322. The summed E-state index contributed by atoms with van der Waals surface area (Å²) >= 11 is 0. The molecule has 2 rings (SSSR count). The lowest BCUT2D eigenvalue weighted by atomic mass is 10.1. The van der Waals surface area contributed by atoms with Crippen LogP contribution < -0.4 is 5.32 Å². The van der Waals surface area contributed by atoms with Crippen LogP contribution in [0.4, 0.5) is 5.69 Å². The highest BCUT2D eigenvalue weighted by atomic mass is 16.5. The van der Waals surface area contributed by atoms with Crippen LogP contribution in [0.25, 0.3) is 0 Å². The Morgan fingerprint density at radius 3 is 2.56 bits per heavy atom. The monoisotopic (exact) mass is 219 g/mol. The van der Waals surface area contributed by atoms with Crippen LogP contribution >= 0.6 is 0 Å². The molecule has 0 spiro atoms. The van der Waals surface area contributed by atoms with E-state index in [0.29, 0.717) is 6.10 Å². The van der Waals surface area contributed by atoms with Crippen molar-refractivity contribution in [1.29, 1.82) is 0 Å². The van der Waals surface area contributed by atoms with Gasteiger partial charge in [0.05, 0.1) is 6.10 Å². The van der Waals surface area contributed by atoms with Gasteiger partial charge in [-0.05, 0) is 56.4 Å². The first kappa shape index (κ1) is 11.5. The maximum Gasteiger partial charge on any atom is 0.0747 e. The quantitative estimate of drug-likeness (QED) is 0.842. The van der Waals surface area contributed by atoms with E-state index in [1.165, 1.54) is 36.1 Å². The van der Waals surface area contributed by atoms with Gasteiger partial charge in [-0.15, -0.1) is 0 Å². The molecule has 0 amide bonds. The predicted octanol–water partition coefficient (Wildman–Crippen LogP) is 3.28. The number of anilines is 1. The van der Waals surface area contributed by atoms with Gasteiger partial charge in [0.1, 0.15) is 0 Å². The van der Waals surface area contributed by atoms with Gasteiger partial charge in [0, 0.05) is 18.8 Å². The van der Waals surface area contributed by atoms with Gasteiger partial charge in [-0.25, -0.2) is 0 Å². The fourth-order valence-corrected chi connectivity index (χ4v) is 2.28. The Morgan fingerprint density at radius 1 is 1.19 bits per heavy atom. The fourth-order valence-electron chi connectivity index (χ4n) is 2.28. The lowest BCUT2D eigenvalue weighted by molar-refractivity contribution is 0.0247. The summed E-state index contributed by atoms with van der Waals surface area (Å²) in [6.07, 6.45) is 4.12. The molecule has 1 aliphatic rings. The molecule has 2 nitrogen and oxygen atoms in total. The largest absolute Gasteiger partial charge is 0.382 e. The molecule has 0 aliphatic carbocycles. The van der Waals surface area contributed by atoms with Crippen molar-refractivity contribution in [2.24, 2.45) is 0 Å². The predicted molar refractivity (Wildman–Crippen MR) is 68.0 cm³/mol. The summed E-state index contributed by atoms with van der Waals surface area (Å²) in [6.45, 7) is 6.13. The van der Waals surface area contributed by atoms with E-state index in [1.54, 1.807) is 0 Å². The summed E-state index contributed by atoms with van der Waals surface area (Å²) in [5.74, 6) is 0. The minimum atomic E-state index is 0.398. The van der Waals surface area contributed by atoms with Gasteiger partial charge in [-0.2, -0.15) is 0 Å². The van der Waals surface area contributed by atoms with Crippen molar-refractivity contribution in [2.45, 2.75) is 39.2 Å². The molecular formula is C14H21NO. The molecule has 1 aliphatic heterocycles. The Balaban J connectivity index is 1.88. The van der Waals surface area contributed by atoms with Gasteiger partial charge < -0.3 is 10.1 Å². The molecule has 1 heterocycles. The Labute approximate surface area is 98.0 Å². The smallest absolute Gasteiger partial charge is 0.0747 e. The number of rotatable bonds is 3. The van der Waals surface area contributed by atoms with Crippen LogP contribution in [0.5, 0.6) is 0 Å². The molecule has 0 aromatic heterocycles. The molecule has 1 aromatic carbocycles. The topological polar surface area (TPSA) is 21.3 Å². The van der Waals surface area contributed by atoms with Crippen molar-refractivity contribution in [3.05, 3.63) is 29.3 Å². The zero-order valence-corrected chi connectivity index (χ0v) is 10.3. The zero-order chi connectivity index (χ0) is 11.4. The molecule has 0 saturated carbocycles. The number of hydrogen-bond donors (Lipinski definition) is 1. The molecule has 1 N–H and O–H groups in total. The van der Waals surface area contributed by atoms with Crippen molar-refractivity contribution in [3.8, 4) is 0 Å². The molecular weight excluding hydrogens is 198 g/mol. The molecule has 1 unspecified atom stereocenters. The van der Waals surface area contributed by atoms with Gasteiger partial charge >= 0.3 is 0 Å². The van der Waals surface area contributed by atoms with E-state index >= 15 is 0 Å². The zero-order valence-electron chi connectivity index (χ0n) is 10.3. The van der Waals surface area contributed by atoms with E-state index in [-0.39, 0.29) is 0 Å². The van der Waals surface area contributed by atoms with Crippen LogP contribution in [0.15, 0.2) is 18.2 Å². The van der Waals surface area contributed by atoms with Gasteiger partial charge in [0.2, 0.25) is 0 Å². The maximum absolute atomic E-state index is 5.70. The fraction of sp³-hybridized carbons (Fsp3) is 0.571. The normalized spacial score (nSPS) is 20.8. The molecule has 88 valence electrons. The molecule has 2 heteroatoms. The molecule has 1 atom stereocenters. The number of aryl methyl sites for hydroxylation is 2. The van der Waals surface area contributed by atoms with Crippen molar-refractivity contribution in [1.82, 2.24) is 0 Å². The third-order valence-electron chi connectivity index (χ3n) is 3.03. The molecule has 0 bridgehead atoms. The number of nitrogens with one attached hydrogen (secondary N) is 1. The minimum Gasteiger partial charge on any atom is -0.382 e. The van der Waals surface area contributed by atoms with Crippen LogP contribution in [0.2, 0.25) is 0 Å². The van der Waals surface area contributed by atoms with E-state index in [9.17, 15) is 0 Å². The van der Waals surface area contributed by atoms with Crippen molar-refractivity contribution in [2.75, 3.05) is 18.5 Å². The van der Waals surface area contributed by atoms with Gasteiger partial charge in [0.25, 0.3) is 0 Å².